The molecule has 0 aliphatic carbocycles. The number of hydrogen-bond acceptors (Lipinski definition) is 1. The van der Waals surface area contributed by atoms with Crippen LogP contribution in [0.2, 0.25) is 0 Å². The summed E-state index contributed by atoms with van der Waals surface area (Å²) in [5.41, 5.74) is 3.06. The van der Waals surface area contributed by atoms with Crippen LogP contribution in [-0.4, -0.2) is 4.98 Å². The zero-order valence-electron chi connectivity index (χ0n) is 10.9. The predicted molar refractivity (Wildman–Crippen MR) is 83.5 cm³/mol. The van der Waals surface area contributed by atoms with Gasteiger partial charge < -0.3 is 0 Å². The molecule has 0 amide bonds. The van der Waals surface area contributed by atoms with Crippen molar-refractivity contribution >= 4 is 21.7 Å². The number of benzene rings is 3. The molecule has 0 bridgehead atoms. The van der Waals surface area contributed by atoms with Gasteiger partial charge in [0.15, 0.2) is 0 Å². The van der Waals surface area contributed by atoms with E-state index in [0.29, 0.717) is 0 Å². The number of rotatable bonds is 1. The third-order valence-electron chi connectivity index (χ3n) is 3.57. The number of hydrogen-bond donors (Lipinski definition) is 0. The summed E-state index contributed by atoms with van der Waals surface area (Å²) < 4.78 is 0. The molecule has 1 nitrogen and oxygen atoms in total. The summed E-state index contributed by atoms with van der Waals surface area (Å²) >= 11 is 0. The van der Waals surface area contributed by atoms with Gasteiger partial charge in [0.05, 0.1) is 11.2 Å². The van der Waals surface area contributed by atoms with Crippen LogP contribution >= 0.6 is 0 Å². The Hall–Kier alpha value is -2.67. The molecule has 0 saturated carbocycles. The van der Waals surface area contributed by atoms with Gasteiger partial charge in [0.25, 0.3) is 0 Å². The maximum atomic E-state index is 4.84. The molecule has 1 aromatic heterocycles. The highest BCUT2D eigenvalue weighted by molar-refractivity contribution is 6.10. The molecule has 0 atom stereocenters. The first kappa shape index (κ1) is 11.2. The first-order valence-corrected chi connectivity index (χ1v) is 6.68. The van der Waals surface area contributed by atoms with Crippen LogP contribution in [0.25, 0.3) is 32.9 Å². The fraction of sp³-hybridized carbons (Fsp3) is 0. The van der Waals surface area contributed by atoms with Gasteiger partial charge in [-0.05, 0) is 17.5 Å². The van der Waals surface area contributed by atoms with Gasteiger partial charge in [0.1, 0.15) is 0 Å². The van der Waals surface area contributed by atoms with Crippen LogP contribution in [0, 0.1) is 6.07 Å². The molecule has 1 heteroatoms. The minimum atomic E-state index is 1.000. The van der Waals surface area contributed by atoms with E-state index in [0.717, 1.165) is 16.8 Å². The van der Waals surface area contributed by atoms with Crippen LogP contribution in [0.5, 0.6) is 0 Å². The number of nitrogens with zero attached hydrogens (tertiary/aromatic N) is 1. The lowest BCUT2D eigenvalue weighted by Crippen LogP contribution is -1.89. The molecule has 0 aliphatic rings. The Morgan fingerprint density at radius 2 is 1.35 bits per heavy atom. The van der Waals surface area contributed by atoms with Gasteiger partial charge in [0.2, 0.25) is 0 Å². The van der Waals surface area contributed by atoms with Gasteiger partial charge in [-0.1, -0.05) is 66.7 Å². The van der Waals surface area contributed by atoms with Crippen molar-refractivity contribution in [2.45, 2.75) is 0 Å². The van der Waals surface area contributed by atoms with Crippen LogP contribution in [-0.2, 0) is 0 Å². The van der Waals surface area contributed by atoms with Crippen molar-refractivity contribution in [2.24, 2.45) is 0 Å². The Balaban J connectivity index is 2.19. The summed E-state index contributed by atoms with van der Waals surface area (Å²) in [4.78, 5) is 4.84. The van der Waals surface area contributed by atoms with Crippen LogP contribution in [0.3, 0.4) is 0 Å². The fourth-order valence-corrected chi connectivity index (χ4v) is 2.65. The molecule has 0 saturated heterocycles. The van der Waals surface area contributed by atoms with Gasteiger partial charge >= 0.3 is 0 Å². The average Bonchev–Trinajstić information content (AvgIpc) is 2.55. The third kappa shape index (κ3) is 1.68. The molecule has 1 radical (unpaired) electrons. The second kappa shape index (κ2) is 4.46. The molecule has 4 aromatic rings. The lowest BCUT2D eigenvalue weighted by molar-refractivity contribution is 1.42. The third-order valence-corrected chi connectivity index (χ3v) is 3.57. The summed E-state index contributed by atoms with van der Waals surface area (Å²) in [7, 11) is 0. The maximum Gasteiger partial charge on any atom is 0.0794 e. The second-order valence-electron chi connectivity index (χ2n) is 4.80. The van der Waals surface area contributed by atoms with Crippen molar-refractivity contribution < 1.29 is 0 Å². The molecular weight excluding hydrogens is 242 g/mol. The number of para-hydroxylation sites is 1. The van der Waals surface area contributed by atoms with E-state index in [1.165, 1.54) is 16.2 Å². The Morgan fingerprint density at radius 1 is 0.650 bits per heavy atom. The van der Waals surface area contributed by atoms with Crippen molar-refractivity contribution in [3.63, 3.8) is 0 Å². The molecule has 4 rings (SSSR count). The topological polar surface area (TPSA) is 12.9 Å². The van der Waals surface area contributed by atoms with Crippen LogP contribution in [0.15, 0.2) is 72.8 Å². The monoisotopic (exact) mass is 254 g/mol. The first-order chi connectivity index (χ1) is 9.93. The molecule has 3 aromatic carbocycles. The predicted octanol–water partition coefficient (Wildman–Crippen LogP) is 4.86. The number of fused-ring (bicyclic) bond motifs is 3. The van der Waals surface area contributed by atoms with E-state index in [2.05, 4.69) is 54.6 Å². The van der Waals surface area contributed by atoms with Crippen molar-refractivity contribution in [1.29, 1.82) is 0 Å². The Labute approximate surface area is 117 Å². The van der Waals surface area contributed by atoms with Gasteiger partial charge in [0, 0.05) is 16.3 Å². The lowest BCUT2D eigenvalue weighted by atomic mass is 10.0. The van der Waals surface area contributed by atoms with Crippen molar-refractivity contribution in [3.8, 4) is 11.3 Å². The quantitative estimate of drug-likeness (QED) is 0.442. The standard InChI is InChI=1S/C19H12N/c1-2-8-14(9-3-1)19-17-12-5-4-10-15(17)16-11-6-7-13-18(16)20-19/h1-8,10-13H. The zero-order valence-corrected chi connectivity index (χ0v) is 10.9. The summed E-state index contributed by atoms with van der Waals surface area (Å²) in [6, 6.07) is 28.0. The summed E-state index contributed by atoms with van der Waals surface area (Å²) in [6.07, 6.45) is 0. The molecule has 0 fully saturated rings. The second-order valence-corrected chi connectivity index (χ2v) is 4.80. The molecule has 0 N–H and O–H groups in total. The normalized spacial score (nSPS) is 11.0. The molecule has 0 spiro atoms. The molecule has 1 heterocycles. The van der Waals surface area contributed by atoms with Crippen molar-refractivity contribution in [2.75, 3.05) is 0 Å². The lowest BCUT2D eigenvalue weighted by Gasteiger charge is -2.09. The number of pyridine rings is 1. The Morgan fingerprint density at radius 3 is 2.15 bits per heavy atom. The van der Waals surface area contributed by atoms with Crippen LogP contribution < -0.4 is 0 Å². The van der Waals surface area contributed by atoms with Gasteiger partial charge in [-0.3, -0.25) is 0 Å². The molecule has 20 heavy (non-hydrogen) atoms. The van der Waals surface area contributed by atoms with E-state index in [-0.39, 0.29) is 0 Å². The smallest absolute Gasteiger partial charge is 0.0794 e. The first-order valence-electron chi connectivity index (χ1n) is 6.68. The van der Waals surface area contributed by atoms with Gasteiger partial charge in [-0.15, -0.1) is 0 Å². The minimum Gasteiger partial charge on any atom is -0.247 e. The highest BCUT2D eigenvalue weighted by Crippen LogP contribution is 2.31. The van der Waals surface area contributed by atoms with Gasteiger partial charge in [-0.2, -0.15) is 0 Å². The van der Waals surface area contributed by atoms with E-state index in [4.69, 9.17) is 4.98 Å². The SMILES string of the molecule is [c]1ccccc1-c1nc2ccccc2c2ccccc12. The largest absolute Gasteiger partial charge is 0.247 e. The van der Waals surface area contributed by atoms with E-state index in [9.17, 15) is 0 Å². The van der Waals surface area contributed by atoms with E-state index in [1.807, 2.05) is 24.3 Å². The van der Waals surface area contributed by atoms with Gasteiger partial charge in [-0.25, -0.2) is 4.98 Å². The van der Waals surface area contributed by atoms with E-state index >= 15 is 0 Å². The molecule has 0 aliphatic heterocycles. The van der Waals surface area contributed by atoms with E-state index < -0.39 is 0 Å². The highest BCUT2D eigenvalue weighted by Gasteiger charge is 2.09. The molecule has 0 unspecified atom stereocenters. The highest BCUT2D eigenvalue weighted by atomic mass is 14.7. The summed E-state index contributed by atoms with van der Waals surface area (Å²) in [6.45, 7) is 0. The summed E-state index contributed by atoms with van der Waals surface area (Å²) in [5, 5.41) is 3.61. The van der Waals surface area contributed by atoms with E-state index in [1.54, 1.807) is 0 Å². The van der Waals surface area contributed by atoms with Crippen molar-refractivity contribution in [3.05, 3.63) is 78.9 Å². The maximum absolute atomic E-state index is 4.84. The fourth-order valence-electron chi connectivity index (χ4n) is 2.65. The Bertz CT molecular complexity index is 895. The Kier molecular flexibility index (Phi) is 2.49. The van der Waals surface area contributed by atoms with Crippen LogP contribution in [0.1, 0.15) is 0 Å². The summed E-state index contributed by atoms with van der Waals surface area (Å²) in [5.74, 6) is 0. The average molecular weight is 254 g/mol. The van der Waals surface area contributed by atoms with Crippen LogP contribution in [0.4, 0.5) is 0 Å². The van der Waals surface area contributed by atoms with Crippen molar-refractivity contribution in [1.82, 2.24) is 4.98 Å². The molecule has 93 valence electrons. The minimum absolute atomic E-state index is 1.000. The zero-order chi connectivity index (χ0) is 13.4. The molecular formula is C19H12N. The number of aromatic nitrogens is 1.